The van der Waals surface area contributed by atoms with Crippen LogP contribution in [-0.4, -0.2) is 26.5 Å². The lowest BCUT2D eigenvalue weighted by Gasteiger charge is -2.19. The third-order valence-corrected chi connectivity index (χ3v) is 5.80. The number of hydrogen-bond acceptors (Lipinski definition) is 4. The number of thioether (sulfide) groups is 1. The molecular formula is C16H8Cl4FN5S. The summed E-state index contributed by atoms with van der Waals surface area (Å²) in [5.74, 6) is 0.806. The zero-order valence-electron chi connectivity index (χ0n) is 13.2. The first-order valence-corrected chi connectivity index (χ1v) is 9.95. The summed E-state index contributed by atoms with van der Waals surface area (Å²) in [5.41, 5.74) is 3.90. The van der Waals surface area contributed by atoms with Crippen molar-refractivity contribution >= 4 is 69.7 Å². The predicted octanol–water partition coefficient (Wildman–Crippen LogP) is 6.08. The van der Waals surface area contributed by atoms with E-state index in [1.165, 1.54) is 23.9 Å². The van der Waals surface area contributed by atoms with Crippen molar-refractivity contribution in [3.05, 3.63) is 56.2 Å². The molecule has 0 atom stereocenters. The summed E-state index contributed by atoms with van der Waals surface area (Å²) >= 11 is 25.7. The maximum Gasteiger partial charge on any atom is 0.211 e. The fourth-order valence-corrected chi connectivity index (χ4v) is 4.12. The van der Waals surface area contributed by atoms with Crippen LogP contribution in [0.15, 0.2) is 40.5 Å². The zero-order valence-corrected chi connectivity index (χ0v) is 17.0. The molecular weight excluding hydrogens is 455 g/mol. The minimum Gasteiger partial charge on any atom is -0.276 e. The number of amidine groups is 1. The predicted molar refractivity (Wildman–Crippen MR) is 109 cm³/mol. The van der Waals surface area contributed by atoms with Crippen molar-refractivity contribution < 1.29 is 4.39 Å². The Labute approximate surface area is 177 Å². The van der Waals surface area contributed by atoms with Crippen molar-refractivity contribution in [1.29, 1.82) is 0 Å². The molecule has 0 spiro atoms. The van der Waals surface area contributed by atoms with Crippen LogP contribution in [0.3, 0.4) is 0 Å². The van der Waals surface area contributed by atoms with Gasteiger partial charge in [0.1, 0.15) is 17.3 Å². The molecule has 1 aliphatic rings. The summed E-state index contributed by atoms with van der Waals surface area (Å²) in [7, 11) is 0. The molecule has 2 aromatic carbocycles. The molecule has 11 heteroatoms. The van der Waals surface area contributed by atoms with Gasteiger partial charge in [-0.1, -0.05) is 64.2 Å². The molecule has 2 heterocycles. The highest BCUT2D eigenvalue weighted by atomic mass is 35.5. The Kier molecular flexibility index (Phi) is 5.22. The second kappa shape index (κ2) is 7.48. The van der Waals surface area contributed by atoms with Gasteiger partial charge in [0.05, 0.1) is 25.8 Å². The van der Waals surface area contributed by atoms with E-state index in [9.17, 15) is 4.39 Å². The van der Waals surface area contributed by atoms with Crippen molar-refractivity contribution in [3.63, 3.8) is 0 Å². The molecule has 27 heavy (non-hydrogen) atoms. The number of halogens is 5. The highest BCUT2D eigenvalue weighted by Gasteiger charge is 2.23. The van der Waals surface area contributed by atoms with Crippen molar-refractivity contribution in [1.82, 2.24) is 14.9 Å². The lowest BCUT2D eigenvalue weighted by Crippen LogP contribution is -2.30. The third kappa shape index (κ3) is 3.62. The van der Waals surface area contributed by atoms with E-state index in [0.717, 1.165) is 0 Å². The molecule has 0 saturated heterocycles. The van der Waals surface area contributed by atoms with Crippen LogP contribution in [0.25, 0.3) is 11.4 Å². The van der Waals surface area contributed by atoms with E-state index in [0.29, 0.717) is 43.9 Å². The summed E-state index contributed by atoms with van der Waals surface area (Å²) in [6.07, 6.45) is 0. The highest BCUT2D eigenvalue weighted by molar-refractivity contribution is 7.99. The Morgan fingerprint density at radius 2 is 1.78 bits per heavy atom. The quantitative estimate of drug-likeness (QED) is 0.469. The number of aliphatic imine (C=N–C) groups is 1. The van der Waals surface area contributed by atoms with E-state index < -0.39 is 5.82 Å². The lowest BCUT2D eigenvalue weighted by molar-refractivity contribution is 0.628. The average Bonchev–Trinajstić information content (AvgIpc) is 3.04. The van der Waals surface area contributed by atoms with Gasteiger partial charge in [0.15, 0.2) is 5.82 Å². The second-order valence-corrected chi connectivity index (χ2v) is 7.99. The number of para-hydroxylation sites is 1. The molecule has 0 saturated carbocycles. The molecule has 0 bridgehead atoms. The van der Waals surface area contributed by atoms with Crippen LogP contribution in [0.5, 0.6) is 0 Å². The van der Waals surface area contributed by atoms with Crippen LogP contribution < -0.4 is 5.43 Å². The molecule has 3 aromatic rings. The first-order chi connectivity index (χ1) is 12.9. The van der Waals surface area contributed by atoms with Gasteiger partial charge in [-0.3, -0.25) is 5.43 Å². The largest absolute Gasteiger partial charge is 0.276 e. The molecule has 1 N–H and O–H groups in total. The van der Waals surface area contributed by atoms with Gasteiger partial charge in [-0.2, -0.15) is 0 Å². The number of nitrogens with one attached hydrogen (secondary N) is 1. The maximum absolute atomic E-state index is 13.9. The van der Waals surface area contributed by atoms with E-state index in [4.69, 9.17) is 46.4 Å². The Bertz CT molecular complexity index is 1060. The molecule has 5 nitrogen and oxygen atoms in total. The summed E-state index contributed by atoms with van der Waals surface area (Å²) in [6, 6.07) is 7.68. The van der Waals surface area contributed by atoms with E-state index in [1.54, 1.807) is 22.9 Å². The number of benzene rings is 2. The Balaban J connectivity index is 1.75. The summed E-state index contributed by atoms with van der Waals surface area (Å²) < 4.78 is 15.5. The third-order valence-electron chi connectivity index (χ3n) is 3.65. The topological polar surface area (TPSA) is 55.1 Å². The monoisotopic (exact) mass is 461 g/mol. The van der Waals surface area contributed by atoms with Crippen molar-refractivity contribution in [2.75, 3.05) is 11.2 Å². The van der Waals surface area contributed by atoms with Crippen molar-refractivity contribution in [2.24, 2.45) is 4.99 Å². The molecule has 0 amide bonds. The fraction of sp³-hybridized carbons (Fsp3) is 0.0625. The minimum absolute atomic E-state index is 0.0694. The molecule has 0 radical (unpaired) electrons. The van der Waals surface area contributed by atoms with E-state index >= 15 is 0 Å². The van der Waals surface area contributed by atoms with Gasteiger partial charge in [-0.05, 0) is 24.3 Å². The highest BCUT2D eigenvalue weighted by Crippen LogP contribution is 2.35. The zero-order chi connectivity index (χ0) is 19.1. The van der Waals surface area contributed by atoms with Crippen LogP contribution >= 0.6 is 58.2 Å². The fourth-order valence-electron chi connectivity index (χ4n) is 2.41. The average molecular weight is 463 g/mol. The summed E-state index contributed by atoms with van der Waals surface area (Å²) in [4.78, 5) is 4.50. The van der Waals surface area contributed by atoms with E-state index in [2.05, 4.69) is 20.6 Å². The maximum atomic E-state index is 13.9. The standard InChI is InChI=1S/C16H8Cl4FN5S/c17-8-2-1-3-9(18)14(8)22-13-6-27-16-24-23-15(26(16)25-13)7-4-12(21)11(20)5-10(7)19/h1-5H,6H2,(H,22,25). The van der Waals surface area contributed by atoms with Gasteiger partial charge in [-0.15, -0.1) is 10.2 Å². The van der Waals surface area contributed by atoms with Crippen LogP contribution in [0.4, 0.5) is 10.1 Å². The normalized spacial score (nSPS) is 14.9. The van der Waals surface area contributed by atoms with Gasteiger partial charge < -0.3 is 0 Å². The van der Waals surface area contributed by atoms with Gasteiger partial charge >= 0.3 is 0 Å². The molecule has 1 aliphatic heterocycles. The summed E-state index contributed by atoms with van der Waals surface area (Å²) in [5, 5.41) is 9.83. The molecule has 4 rings (SSSR count). The molecule has 0 aliphatic carbocycles. The molecule has 1 aromatic heterocycles. The van der Waals surface area contributed by atoms with Crippen LogP contribution in [0.2, 0.25) is 20.1 Å². The SMILES string of the molecule is Fc1cc(-c2nnc3n2NC(=Nc2c(Cl)cccc2Cl)CS3)c(Cl)cc1Cl. The second-order valence-electron chi connectivity index (χ2n) is 5.42. The van der Waals surface area contributed by atoms with Crippen LogP contribution in [-0.2, 0) is 0 Å². The van der Waals surface area contributed by atoms with Gasteiger partial charge in [0.2, 0.25) is 5.16 Å². The molecule has 138 valence electrons. The van der Waals surface area contributed by atoms with Gasteiger partial charge in [0, 0.05) is 5.56 Å². The first-order valence-electron chi connectivity index (χ1n) is 7.46. The number of hydrogen-bond donors (Lipinski definition) is 1. The van der Waals surface area contributed by atoms with Crippen LogP contribution in [0, 0.1) is 5.82 Å². The molecule has 0 fully saturated rings. The van der Waals surface area contributed by atoms with Gasteiger partial charge in [-0.25, -0.2) is 14.1 Å². The summed E-state index contributed by atoms with van der Waals surface area (Å²) in [6.45, 7) is 0. The minimum atomic E-state index is -0.603. The number of fused-ring (bicyclic) bond motifs is 1. The smallest absolute Gasteiger partial charge is 0.211 e. The Morgan fingerprint density at radius 3 is 2.52 bits per heavy atom. The molecule has 0 unspecified atom stereocenters. The van der Waals surface area contributed by atoms with Crippen molar-refractivity contribution in [2.45, 2.75) is 5.16 Å². The van der Waals surface area contributed by atoms with Crippen LogP contribution in [0.1, 0.15) is 0 Å². The van der Waals surface area contributed by atoms with Crippen molar-refractivity contribution in [3.8, 4) is 11.4 Å². The number of nitrogens with zero attached hydrogens (tertiary/aromatic N) is 4. The van der Waals surface area contributed by atoms with Gasteiger partial charge in [0.25, 0.3) is 0 Å². The van der Waals surface area contributed by atoms with E-state index in [-0.39, 0.29) is 10.0 Å². The lowest BCUT2D eigenvalue weighted by atomic mass is 10.2. The number of aromatic nitrogens is 3. The Morgan fingerprint density at radius 1 is 1.04 bits per heavy atom. The van der Waals surface area contributed by atoms with E-state index in [1.807, 2.05) is 0 Å². The first kappa shape index (κ1) is 18.8. The number of rotatable bonds is 2. The Hall–Kier alpha value is -1.51.